The van der Waals surface area contributed by atoms with Crippen LogP contribution in [0.15, 0.2) is 18.2 Å². The van der Waals surface area contributed by atoms with Crippen LogP contribution in [0.25, 0.3) is 0 Å². The van der Waals surface area contributed by atoms with Crippen molar-refractivity contribution in [2.24, 2.45) is 0 Å². The van der Waals surface area contributed by atoms with Crippen molar-refractivity contribution in [1.29, 1.82) is 0 Å². The molecule has 2 heterocycles. The molecule has 0 aliphatic carbocycles. The lowest BCUT2D eigenvalue weighted by atomic mass is 10.1. The maximum absolute atomic E-state index is 13.1. The van der Waals surface area contributed by atoms with E-state index in [1.807, 2.05) is 11.8 Å². The number of halogens is 2. The normalized spacial score (nSPS) is 22.7. The summed E-state index contributed by atoms with van der Waals surface area (Å²) in [6, 6.07) is 4.35. The van der Waals surface area contributed by atoms with Gasteiger partial charge in [0.15, 0.2) is 0 Å². The maximum Gasteiger partial charge on any atom is 0.254 e. The standard InChI is InChI=1S/C19H24Cl2N2O3/c1-2-22(12-16-5-4-8-26-16)19(25)17-6-3-7-23(17)18(24)13-9-14(20)11-15(21)10-13/h9-11,16-17H,2-8,12H2,1H3. The first kappa shape index (κ1) is 19.5. The topological polar surface area (TPSA) is 49.9 Å². The number of hydrogen-bond acceptors (Lipinski definition) is 3. The lowest BCUT2D eigenvalue weighted by Gasteiger charge is -2.31. The third kappa shape index (κ3) is 4.33. The van der Waals surface area contributed by atoms with Crippen LogP contribution < -0.4 is 0 Å². The Morgan fingerprint density at radius 1 is 1.19 bits per heavy atom. The summed E-state index contributed by atoms with van der Waals surface area (Å²) in [6.07, 6.45) is 3.63. The fraction of sp³-hybridized carbons (Fsp3) is 0.579. The fourth-order valence-electron chi connectivity index (χ4n) is 3.73. The van der Waals surface area contributed by atoms with Gasteiger partial charge in [0.1, 0.15) is 6.04 Å². The Balaban J connectivity index is 1.73. The van der Waals surface area contributed by atoms with E-state index >= 15 is 0 Å². The lowest BCUT2D eigenvalue weighted by Crippen LogP contribution is -2.49. The van der Waals surface area contributed by atoms with Gasteiger partial charge in [-0.2, -0.15) is 0 Å². The molecule has 2 atom stereocenters. The summed E-state index contributed by atoms with van der Waals surface area (Å²) >= 11 is 12.0. The van der Waals surface area contributed by atoms with E-state index in [4.69, 9.17) is 27.9 Å². The quantitative estimate of drug-likeness (QED) is 0.760. The van der Waals surface area contributed by atoms with Crippen molar-refractivity contribution in [3.05, 3.63) is 33.8 Å². The molecular weight excluding hydrogens is 375 g/mol. The molecule has 2 aliphatic heterocycles. The van der Waals surface area contributed by atoms with Gasteiger partial charge in [0.25, 0.3) is 5.91 Å². The molecule has 2 aliphatic rings. The zero-order valence-corrected chi connectivity index (χ0v) is 16.4. The molecule has 2 fully saturated rings. The summed E-state index contributed by atoms with van der Waals surface area (Å²) in [5.41, 5.74) is 0.421. The summed E-state index contributed by atoms with van der Waals surface area (Å²) in [5.74, 6) is -0.194. The van der Waals surface area contributed by atoms with Crippen molar-refractivity contribution in [2.75, 3.05) is 26.2 Å². The van der Waals surface area contributed by atoms with Gasteiger partial charge in [0.2, 0.25) is 5.91 Å². The molecule has 0 aromatic heterocycles. The van der Waals surface area contributed by atoms with Gasteiger partial charge in [-0.15, -0.1) is 0 Å². The largest absolute Gasteiger partial charge is 0.376 e. The molecular formula is C19H24Cl2N2O3. The fourth-order valence-corrected chi connectivity index (χ4v) is 4.26. The Kier molecular flexibility index (Phi) is 6.43. The van der Waals surface area contributed by atoms with Gasteiger partial charge in [-0.3, -0.25) is 9.59 Å². The number of ether oxygens (including phenoxy) is 1. The second-order valence-corrected chi connectivity index (χ2v) is 7.70. The molecule has 7 heteroatoms. The van der Waals surface area contributed by atoms with Gasteiger partial charge in [-0.05, 0) is 50.8 Å². The van der Waals surface area contributed by atoms with Gasteiger partial charge >= 0.3 is 0 Å². The van der Waals surface area contributed by atoms with Crippen LogP contribution in [-0.2, 0) is 9.53 Å². The van der Waals surface area contributed by atoms with Crippen LogP contribution in [0.3, 0.4) is 0 Å². The Morgan fingerprint density at radius 3 is 2.54 bits per heavy atom. The van der Waals surface area contributed by atoms with E-state index in [0.717, 1.165) is 25.9 Å². The van der Waals surface area contributed by atoms with Gasteiger partial charge in [0.05, 0.1) is 6.10 Å². The highest BCUT2D eigenvalue weighted by molar-refractivity contribution is 6.35. The predicted molar refractivity (Wildman–Crippen MR) is 102 cm³/mol. The van der Waals surface area contributed by atoms with E-state index in [1.165, 1.54) is 0 Å². The monoisotopic (exact) mass is 398 g/mol. The summed E-state index contributed by atoms with van der Waals surface area (Å²) in [6.45, 7) is 4.50. The number of benzene rings is 1. The molecule has 0 spiro atoms. The minimum atomic E-state index is -0.429. The molecule has 26 heavy (non-hydrogen) atoms. The Hall–Kier alpha value is -1.30. The van der Waals surface area contributed by atoms with Crippen molar-refractivity contribution in [3.63, 3.8) is 0 Å². The molecule has 0 radical (unpaired) electrons. The third-order valence-corrected chi connectivity index (χ3v) is 5.49. The summed E-state index contributed by atoms with van der Waals surface area (Å²) in [7, 11) is 0. The van der Waals surface area contributed by atoms with Crippen LogP contribution in [0.1, 0.15) is 43.0 Å². The molecule has 1 aromatic rings. The smallest absolute Gasteiger partial charge is 0.254 e. The first-order valence-electron chi connectivity index (χ1n) is 9.17. The van der Waals surface area contributed by atoms with Crippen LogP contribution in [0, 0.1) is 0 Å². The highest BCUT2D eigenvalue weighted by atomic mass is 35.5. The molecule has 5 nitrogen and oxygen atoms in total. The lowest BCUT2D eigenvalue weighted by molar-refractivity contribution is -0.136. The molecule has 2 unspecified atom stereocenters. The van der Waals surface area contributed by atoms with Crippen LogP contribution >= 0.6 is 23.2 Å². The Labute approximate surface area is 164 Å². The SMILES string of the molecule is CCN(CC1CCCO1)C(=O)C1CCCN1C(=O)c1cc(Cl)cc(Cl)c1. The van der Waals surface area contributed by atoms with Crippen molar-refractivity contribution in [3.8, 4) is 0 Å². The molecule has 1 aromatic carbocycles. The molecule has 2 saturated heterocycles. The third-order valence-electron chi connectivity index (χ3n) is 5.05. The van der Waals surface area contributed by atoms with Crippen LogP contribution in [-0.4, -0.2) is 60.0 Å². The summed E-state index contributed by atoms with van der Waals surface area (Å²) in [4.78, 5) is 29.5. The molecule has 3 rings (SSSR count). The van der Waals surface area contributed by atoms with Gasteiger partial charge in [-0.1, -0.05) is 23.2 Å². The number of likely N-dealkylation sites (N-methyl/N-ethyl adjacent to an activating group) is 1. The summed E-state index contributed by atoms with van der Waals surface area (Å²) in [5, 5.41) is 0.827. The van der Waals surface area contributed by atoms with E-state index in [0.29, 0.717) is 41.7 Å². The molecule has 142 valence electrons. The second kappa shape index (κ2) is 8.59. The molecule has 0 N–H and O–H groups in total. The maximum atomic E-state index is 13.1. The Morgan fingerprint density at radius 2 is 1.92 bits per heavy atom. The van der Waals surface area contributed by atoms with E-state index in [9.17, 15) is 9.59 Å². The van der Waals surface area contributed by atoms with Crippen LogP contribution in [0.4, 0.5) is 0 Å². The van der Waals surface area contributed by atoms with E-state index in [1.54, 1.807) is 23.1 Å². The van der Waals surface area contributed by atoms with Crippen LogP contribution in [0.5, 0.6) is 0 Å². The Bertz CT molecular complexity index is 656. The average molecular weight is 399 g/mol. The van der Waals surface area contributed by atoms with Crippen molar-refractivity contribution in [1.82, 2.24) is 9.80 Å². The van der Waals surface area contributed by atoms with Crippen molar-refractivity contribution < 1.29 is 14.3 Å². The van der Waals surface area contributed by atoms with Crippen LogP contribution in [0.2, 0.25) is 10.0 Å². The van der Waals surface area contributed by atoms with E-state index < -0.39 is 6.04 Å². The van der Waals surface area contributed by atoms with Gasteiger partial charge in [-0.25, -0.2) is 0 Å². The molecule has 0 saturated carbocycles. The number of carbonyl (C=O) groups is 2. The number of likely N-dealkylation sites (tertiary alicyclic amines) is 1. The highest BCUT2D eigenvalue weighted by Gasteiger charge is 2.37. The zero-order valence-electron chi connectivity index (χ0n) is 14.9. The van der Waals surface area contributed by atoms with E-state index in [2.05, 4.69) is 0 Å². The molecule has 2 amide bonds. The van der Waals surface area contributed by atoms with E-state index in [-0.39, 0.29) is 17.9 Å². The second-order valence-electron chi connectivity index (χ2n) is 6.83. The number of carbonyl (C=O) groups excluding carboxylic acids is 2. The van der Waals surface area contributed by atoms with Gasteiger partial charge in [0, 0.05) is 41.8 Å². The highest BCUT2D eigenvalue weighted by Crippen LogP contribution is 2.26. The van der Waals surface area contributed by atoms with Gasteiger partial charge < -0.3 is 14.5 Å². The predicted octanol–water partition coefficient (Wildman–Crippen LogP) is 3.63. The number of hydrogen-bond donors (Lipinski definition) is 0. The number of nitrogens with zero attached hydrogens (tertiary/aromatic N) is 2. The van der Waals surface area contributed by atoms with Crippen molar-refractivity contribution in [2.45, 2.75) is 44.8 Å². The number of amides is 2. The number of rotatable bonds is 5. The summed E-state index contributed by atoms with van der Waals surface area (Å²) < 4.78 is 5.66. The average Bonchev–Trinajstić information content (AvgIpc) is 3.29. The first-order valence-corrected chi connectivity index (χ1v) is 9.92. The van der Waals surface area contributed by atoms with Crippen molar-refractivity contribution >= 4 is 35.0 Å². The minimum absolute atomic E-state index is 0.00183. The minimum Gasteiger partial charge on any atom is -0.376 e. The first-order chi connectivity index (χ1) is 12.5. The zero-order chi connectivity index (χ0) is 18.7. The molecule has 0 bridgehead atoms.